The van der Waals surface area contributed by atoms with Crippen molar-refractivity contribution in [2.24, 2.45) is 0 Å². The lowest BCUT2D eigenvalue weighted by molar-refractivity contribution is 0.0594. The molecule has 0 radical (unpaired) electrons. The Morgan fingerprint density at radius 2 is 1.59 bits per heavy atom. The Labute approximate surface area is 158 Å². The van der Waals surface area contributed by atoms with Gasteiger partial charge >= 0.3 is 5.97 Å². The third-order valence-corrected chi connectivity index (χ3v) is 5.51. The number of rotatable bonds is 6. The summed E-state index contributed by atoms with van der Waals surface area (Å²) in [6.45, 7) is 0. The molecule has 2 aromatic carbocycles. The zero-order valence-electron chi connectivity index (χ0n) is 14.6. The van der Waals surface area contributed by atoms with E-state index in [9.17, 15) is 13.2 Å². The monoisotopic (exact) mass is 382 g/mol. The number of carbonyl (C=O) groups is 1. The normalized spacial score (nSPS) is 11.0. The number of hydrogen-bond donors (Lipinski definition) is 0. The van der Waals surface area contributed by atoms with Gasteiger partial charge in [-0.15, -0.1) is 0 Å². The molecule has 0 aliphatic heterocycles. The number of nitrogens with zero attached hydrogens (tertiary/aromatic N) is 2. The zero-order valence-corrected chi connectivity index (χ0v) is 15.5. The summed E-state index contributed by atoms with van der Waals surface area (Å²) < 4.78 is 32.4. The van der Waals surface area contributed by atoms with E-state index in [4.69, 9.17) is 0 Å². The SMILES string of the molecule is COC(=O)c1cc(N(c2ccccc2)S(=O)(=O)Cc2ccccc2)ccn1. The van der Waals surface area contributed by atoms with Crippen LogP contribution in [0.25, 0.3) is 0 Å². The Morgan fingerprint density at radius 1 is 0.963 bits per heavy atom. The maximum absolute atomic E-state index is 13.2. The van der Waals surface area contributed by atoms with Crippen LogP contribution < -0.4 is 4.31 Å². The molecule has 0 atom stereocenters. The molecule has 6 nitrogen and oxygen atoms in total. The fraction of sp³-hybridized carbons (Fsp3) is 0.100. The summed E-state index contributed by atoms with van der Waals surface area (Å²) in [4.78, 5) is 15.8. The first-order valence-corrected chi connectivity index (χ1v) is 9.78. The fourth-order valence-electron chi connectivity index (χ4n) is 2.64. The Morgan fingerprint density at radius 3 is 2.22 bits per heavy atom. The van der Waals surface area contributed by atoms with Crippen LogP contribution in [0, 0.1) is 0 Å². The summed E-state index contributed by atoms with van der Waals surface area (Å²) in [6, 6.07) is 20.6. The third kappa shape index (κ3) is 4.32. The lowest BCUT2D eigenvalue weighted by Crippen LogP contribution is -2.28. The van der Waals surface area contributed by atoms with Gasteiger partial charge in [0.05, 0.1) is 24.2 Å². The molecule has 0 fully saturated rings. The van der Waals surface area contributed by atoms with Gasteiger partial charge < -0.3 is 4.74 Å². The number of methoxy groups -OCH3 is 1. The summed E-state index contributed by atoms with van der Waals surface area (Å²) in [6.07, 6.45) is 1.38. The highest BCUT2D eigenvalue weighted by Gasteiger charge is 2.26. The Balaban J connectivity index is 2.09. The number of pyridine rings is 1. The molecule has 0 saturated carbocycles. The van der Waals surface area contributed by atoms with Crippen LogP contribution in [-0.2, 0) is 20.5 Å². The summed E-state index contributed by atoms with van der Waals surface area (Å²) in [5.41, 5.74) is 1.48. The fourth-order valence-corrected chi connectivity index (χ4v) is 4.27. The molecular formula is C20H18N2O4S. The minimum Gasteiger partial charge on any atom is -0.464 e. The largest absolute Gasteiger partial charge is 0.464 e. The van der Waals surface area contributed by atoms with Crippen LogP contribution in [0.5, 0.6) is 0 Å². The molecule has 7 heteroatoms. The second kappa shape index (κ2) is 8.01. The maximum Gasteiger partial charge on any atom is 0.356 e. The predicted octanol–water partition coefficient (Wildman–Crippen LogP) is 3.54. The number of ether oxygens (including phenoxy) is 1. The lowest BCUT2D eigenvalue weighted by Gasteiger charge is -2.25. The minimum absolute atomic E-state index is 0.0332. The van der Waals surface area contributed by atoms with Crippen LogP contribution >= 0.6 is 0 Å². The van der Waals surface area contributed by atoms with Gasteiger partial charge in [-0.25, -0.2) is 22.5 Å². The van der Waals surface area contributed by atoms with Gasteiger partial charge in [-0.1, -0.05) is 48.5 Å². The number of esters is 1. The van der Waals surface area contributed by atoms with E-state index in [0.717, 1.165) is 0 Å². The Kier molecular flexibility index (Phi) is 5.52. The number of anilines is 2. The molecule has 1 aromatic heterocycles. The van der Waals surface area contributed by atoms with Crippen LogP contribution in [0.15, 0.2) is 79.0 Å². The van der Waals surface area contributed by atoms with Crippen molar-refractivity contribution in [3.8, 4) is 0 Å². The van der Waals surface area contributed by atoms with E-state index in [2.05, 4.69) is 9.72 Å². The third-order valence-electron chi connectivity index (χ3n) is 3.83. The zero-order chi connectivity index (χ0) is 19.3. The van der Waals surface area contributed by atoms with Crippen LogP contribution in [0.4, 0.5) is 11.4 Å². The van der Waals surface area contributed by atoms with E-state index in [-0.39, 0.29) is 11.4 Å². The van der Waals surface area contributed by atoms with Crippen LogP contribution in [0.1, 0.15) is 16.1 Å². The summed E-state index contributed by atoms with van der Waals surface area (Å²) in [7, 11) is -2.53. The van der Waals surface area contributed by atoms with Gasteiger partial charge in [0.2, 0.25) is 10.0 Å². The number of para-hydroxylation sites is 1. The molecule has 3 aromatic rings. The minimum atomic E-state index is -3.78. The summed E-state index contributed by atoms with van der Waals surface area (Å²) >= 11 is 0. The van der Waals surface area contributed by atoms with Gasteiger partial charge in [-0.3, -0.25) is 0 Å². The number of hydrogen-bond acceptors (Lipinski definition) is 5. The summed E-state index contributed by atoms with van der Waals surface area (Å²) in [5, 5.41) is 0. The van der Waals surface area contributed by atoms with Crippen LogP contribution in [-0.4, -0.2) is 26.5 Å². The molecule has 3 rings (SSSR count). The molecule has 27 heavy (non-hydrogen) atoms. The molecular weight excluding hydrogens is 364 g/mol. The first-order chi connectivity index (χ1) is 13.0. The maximum atomic E-state index is 13.2. The van der Waals surface area contributed by atoms with Crippen molar-refractivity contribution in [2.75, 3.05) is 11.4 Å². The van der Waals surface area contributed by atoms with Gasteiger partial charge in [0.25, 0.3) is 0 Å². The second-order valence-electron chi connectivity index (χ2n) is 5.73. The molecule has 0 amide bonds. The van der Waals surface area contributed by atoms with E-state index in [1.54, 1.807) is 60.7 Å². The molecule has 1 heterocycles. The van der Waals surface area contributed by atoms with Crippen molar-refractivity contribution in [3.05, 3.63) is 90.3 Å². The van der Waals surface area contributed by atoms with E-state index in [1.807, 2.05) is 6.07 Å². The van der Waals surface area contributed by atoms with Crippen LogP contribution in [0.3, 0.4) is 0 Å². The van der Waals surface area contributed by atoms with Crippen molar-refractivity contribution >= 4 is 27.4 Å². The summed E-state index contributed by atoms with van der Waals surface area (Å²) in [5.74, 6) is -0.816. The van der Waals surface area contributed by atoms with Crippen LogP contribution in [0.2, 0.25) is 0 Å². The molecule has 0 saturated heterocycles. The van der Waals surface area contributed by atoms with Gasteiger partial charge in [0, 0.05) is 6.20 Å². The highest BCUT2D eigenvalue weighted by molar-refractivity contribution is 7.92. The molecule has 0 bridgehead atoms. The van der Waals surface area contributed by atoms with Gasteiger partial charge in [0.1, 0.15) is 5.69 Å². The van der Waals surface area contributed by atoms with E-state index >= 15 is 0 Å². The average molecular weight is 382 g/mol. The Bertz CT molecular complexity index is 1020. The molecule has 0 aliphatic rings. The van der Waals surface area contributed by atoms with E-state index in [1.165, 1.54) is 23.7 Å². The molecule has 0 unspecified atom stereocenters. The second-order valence-corrected chi connectivity index (χ2v) is 7.55. The first-order valence-electron chi connectivity index (χ1n) is 8.17. The smallest absolute Gasteiger partial charge is 0.356 e. The van der Waals surface area contributed by atoms with Gasteiger partial charge in [0.15, 0.2) is 0 Å². The number of benzene rings is 2. The molecule has 0 spiro atoms. The van der Waals surface area contributed by atoms with E-state index in [0.29, 0.717) is 16.9 Å². The van der Waals surface area contributed by atoms with Crippen molar-refractivity contribution in [3.63, 3.8) is 0 Å². The number of aromatic nitrogens is 1. The topological polar surface area (TPSA) is 76.6 Å². The molecule has 138 valence electrons. The Hall–Kier alpha value is -3.19. The number of carbonyl (C=O) groups excluding carboxylic acids is 1. The van der Waals surface area contributed by atoms with Crippen molar-refractivity contribution in [1.82, 2.24) is 4.98 Å². The highest BCUT2D eigenvalue weighted by atomic mass is 32.2. The predicted molar refractivity (Wildman–Crippen MR) is 103 cm³/mol. The van der Waals surface area contributed by atoms with Gasteiger partial charge in [-0.05, 0) is 29.8 Å². The van der Waals surface area contributed by atoms with Gasteiger partial charge in [-0.2, -0.15) is 0 Å². The average Bonchev–Trinajstić information content (AvgIpc) is 2.69. The number of sulfonamides is 1. The van der Waals surface area contributed by atoms with Crippen molar-refractivity contribution < 1.29 is 17.9 Å². The van der Waals surface area contributed by atoms with Crippen molar-refractivity contribution in [2.45, 2.75) is 5.75 Å². The van der Waals surface area contributed by atoms with E-state index < -0.39 is 16.0 Å². The molecule has 0 N–H and O–H groups in total. The highest BCUT2D eigenvalue weighted by Crippen LogP contribution is 2.30. The quantitative estimate of drug-likeness (QED) is 0.610. The van der Waals surface area contributed by atoms with Crippen molar-refractivity contribution in [1.29, 1.82) is 0 Å². The molecule has 0 aliphatic carbocycles. The standard InChI is InChI=1S/C20H18N2O4S/c1-26-20(23)19-14-18(12-13-21-19)22(17-10-6-3-7-11-17)27(24,25)15-16-8-4-2-5-9-16/h2-14H,15H2,1H3. The first kappa shape index (κ1) is 18.6. The lowest BCUT2D eigenvalue weighted by atomic mass is 10.2.